The molecule has 0 radical (unpaired) electrons. The largest absolute Gasteiger partial charge is 0.297 e. The quantitative estimate of drug-likeness (QED) is 0.867. The molecule has 1 saturated carbocycles. The van der Waals surface area contributed by atoms with Crippen LogP contribution in [0.15, 0.2) is 59.1 Å². The van der Waals surface area contributed by atoms with Gasteiger partial charge in [0, 0.05) is 17.4 Å². The summed E-state index contributed by atoms with van der Waals surface area (Å²) in [4.78, 5) is 12.7. The molecule has 22 heavy (non-hydrogen) atoms. The molecular weight excluding hydrogens is 338 g/mol. The van der Waals surface area contributed by atoms with Crippen molar-refractivity contribution in [1.29, 1.82) is 0 Å². The number of ketones is 1. The zero-order valence-corrected chi connectivity index (χ0v) is 14.1. The van der Waals surface area contributed by atoms with Crippen LogP contribution in [-0.2, 0) is 16.9 Å². The Morgan fingerprint density at radius 3 is 2.41 bits per heavy atom. The van der Waals surface area contributed by atoms with Gasteiger partial charge in [-0.1, -0.05) is 64.8 Å². The van der Waals surface area contributed by atoms with Gasteiger partial charge in [-0.25, -0.2) is 0 Å². The predicted molar refractivity (Wildman–Crippen MR) is 92.6 cm³/mol. The molecule has 3 heteroatoms. The number of nitrogens with one attached hydrogen (secondary N) is 1. The molecule has 114 valence electrons. The zero-order chi connectivity index (χ0) is 15.4. The number of carbonyl (C=O) groups excluding carboxylic acids is 1. The van der Waals surface area contributed by atoms with E-state index < -0.39 is 5.54 Å². The lowest BCUT2D eigenvalue weighted by Crippen LogP contribution is -2.50. The minimum Gasteiger partial charge on any atom is -0.297 e. The summed E-state index contributed by atoms with van der Waals surface area (Å²) in [5, 5.41) is 3.57. The zero-order valence-electron chi connectivity index (χ0n) is 12.5. The fourth-order valence-corrected chi connectivity index (χ4v) is 3.47. The van der Waals surface area contributed by atoms with Gasteiger partial charge in [-0.15, -0.1) is 0 Å². The minimum atomic E-state index is -0.533. The highest BCUT2D eigenvalue weighted by molar-refractivity contribution is 9.10. The molecular formula is C19H20BrNO. The predicted octanol–water partition coefficient (Wildman–Crippen LogP) is 4.58. The molecule has 1 N–H and O–H groups in total. The van der Waals surface area contributed by atoms with Crippen molar-refractivity contribution in [3.05, 3.63) is 70.2 Å². The number of hydrogen-bond acceptors (Lipinski definition) is 2. The molecule has 2 nitrogen and oxygen atoms in total. The van der Waals surface area contributed by atoms with Gasteiger partial charge in [0.1, 0.15) is 5.54 Å². The summed E-state index contributed by atoms with van der Waals surface area (Å²) in [6, 6.07) is 18.4. The Kier molecular flexibility index (Phi) is 4.74. The van der Waals surface area contributed by atoms with Gasteiger partial charge >= 0.3 is 0 Å². The number of benzene rings is 2. The summed E-state index contributed by atoms with van der Waals surface area (Å²) in [5.74, 6) is 0.317. The Hall–Kier alpha value is -1.45. The van der Waals surface area contributed by atoms with Crippen LogP contribution in [0.2, 0.25) is 0 Å². The van der Waals surface area contributed by atoms with Gasteiger partial charge in [-0.3, -0.25) is 10.1 Å². The van der Waals surface area contributed by atoms with E-state index in [2.05, 4.69) is 45.5 Å². The van der Waals surface area contributed by atoms with Gasteiger partial charge in [0.05, 0.1) is 0 Å². The SMILES string of the molecule is O=C1CCCCC1(NCc1ccccc1)c1ccc(Br)cc1. The van der Waals surface area contributed by atoms with Gasteiger partial charge in [0.2, 0.25) is 0 Å². The van der Waals surface area contributed by atoms with Crippen molar-refractivity contribution in [2.45, 2.75) is 37.8 Å². The standard InChI is InChI=1S/C19H20BrNO/c20-17-11-9-16(10-12-17)19(13-5-4-8-18(19)22)21-14-15-6-2-1-3-7-15/h1-3,6-7,9-12,21H,4-5,8,13-14H2. The first-order valence-corrected chi connectivity index (χ1v) is 8.58. The van der Waals surface area contributed by atoms with E-state index in [1.54, 1.807) is 0 Å². The molecule has 1 unspecified atom stereocenters. The Labute approximate surface area is 140 Å². The molecule has 0 aliphatic heterocycles. The third-order valence-corrected chi connectivity index (χ3v) is 4.98. The number of Topliss-reactive ketones (excluding diaryl/α,β-unsaturated/α-hetero) is 1. The van der Waals surface area contributed by atoms with Crippen LogP contribution >= 0.6 is 15.9 Å². The smallest absolute Gasteiger partial charge is 0.157 e. The monoisotopic (exact) mass is 357 g/mol. The Bertz CT molecular complexity index is 638. The molecule has 1 atom stereocenters. The average molecular weight is 358 g/mol. The van der Waals surface area contributed by atoms with E-state index in [0.29, 0.717) is 18.7 Å². The molecule has 1 fully saturated rings. The second-order valence-electron chi connectivity index (χ2n) is 5.88. The third kappa shape index (κ3) is 3.16. The van der Waals surface area contributed by atoms with Crippen molar-refractivity contribution in [3.8, 4) is 0 Å². The van der Waals surface area contributed by atoms with Crippen LogP contribution in [0.1, 0.15) is 36.8 Å². The van der Waals surface area contributed by atoms with Gasteiger partial charge in [-0.05, 0) is 36.1 Å². The first-order chi connectivity index (χ1) is 10.7. The average Bonchev–Trinajstić information content (AvgIpc) is 2.56. The number of rotatable bonds is 4. The molecule has 0 heterocycles. The Morgan fingerprint density at radius 1 is 1.00 bits per heavy atom. The van der Waals surface area contributed by atoms with Gasteiger partial charge < -0.3 is 0 Å². The highest BCUT2D eigenvalue weighted by Crippen LogP contribution is 2.35. The van der Waals surface area contributed by atoms with E-state index in [0.717, 1.165) is 29.3 Å². The molecule has 2 aromatic rings. The first-order valence-electron chi connectivity index (χ1n) is 7.79. The molecule has 3 rings (SSSR count). The van der Waals surface area contributed by atoms with Crippen LogP contribution in [0.5, 0.6) is 0 Å². The second kappa shape index (κ2) is 6.76. The lowest BCUT2D eigenvalue weighted by atomic mass is 9.75. The summed E-state index contributed by atoms with van der Waals surface area (Å²) in [7, 11) is 0. The molecule has 1 aliphatic carbocycles. The second-order valence-corrected chi connectivity index (χ2v) is 6.80. The maximum absolute atomic E-state index is 12.7. The first kappa shape index (κ1) is 15.4. The van der Waals surface area contributed by atoms with Crippen LogP contribution < -0.4 is 5.32 Å². The van der Waals surface area contributed by atoms with Crippen LogP contribution in [0, 0.1) is 0 Å². The summed E-state index contributed by atoms with van der Waals surface area (Å²) < 4.78 is 1.04. The van der Waals surface area contributed by atoms with Crippen molar-refractivity contribution in [2.24, 2.45) is 0 Å². The van der Waals surface area contributed by atoms with Gasteiger partial charge in [0.15, 0.2) is 5.78 Å². The topological polar surface area (TPSA) is 29.1 Å². The van der Waals surface area contributed by atoms with Crippen LogP contribution in [0.25, 0.3) is 0 Å². The highest BCUT2D eigenvalue weighted by atomic mass is 79.9. The van der Waals surface area contributed by atoms with E-state index in [1.807, 2.05) is 30.3 Å². The molecule has 0 spiro atoms. The molecule has 0 amide bonds. The number of halogens is 1. The molecule has 2 aromatic carbocycles. The fraction of sp³-hybridized carbons (Fsp3) is 0.316. The molecule has 1 aliphatic rings. The number of hydrogen-bond donors (Lipinski definition) is 1. The van der Waals surface area contributed by atoms with Crippen molar-refractivity contribution in [2.75, 3.05) is 0 Å². The lowest BCUT2D eigenvalue weighted by Gasteiger charge is -2.37. The van der Waals surface area contributed by atoms with Crippen molar-refractivity contribution in [1.82, 2.24) is 5.32 Å². The van der Waals surface area contributed by atoms with Crippen LogP contribution in [-0.4, -0.2) is 5.78 Å². The van der Waals surface area contributed by atoms with E-state index >= 15 is 0 Å². The summed E-state index contributed by atoms with van der Waals surface area (Å²) in [6.45, 7) is 0.711. The van der Waals surface area contributed by atoms with Crippen LogP contribution in [0.3, 0.4) is 0 Å². The fourth-order valence-electron chi connectivity index (χ4n) is 3.21. The normalized spacial score (nSPS) is 21.8. The minimum absolute atomic E-state index is 0.317. The molecule has 0 bridgehead atoms. The summed E-state index contributed by atoms with van der Waals surface area (Å²) in [6.07, 6.45) is 3.63. The summed E-state index contributed by atoms with van der Waals surface area (Å²) >= 11 is 3.47. The van der Waals surface area contributed by atoms with E-state index in [9.17, 15) is 4.79 Å². The van der Waals surface area contributed by atoms with Crippen LogP contribution in [0.4, 0.5) is 0 Å². The van der Waals surface area contributed by atoms with Crippen molar-refractivity contribution >= 4 is 21.7 Å². The van der Waals surface area contributed by atoms with E-state index in [-0.39, 0.29) is 0 Å². The van der Waals surface area contributed by atoms with Crippen molar-refractivity contribution in [3.63, 3.8) is 0 Å². The Balaban J connectivity index is 1.89. The van der Waals surface area contributed by atoms with Gasteiger partial charge in [-0.2, -0.15) is 0 Å². The summed E-state index contributed by atoms with van der Waals surface area (Å²) in [5.41, 5.74) is 1.75. The van der Waals surface area contributed by atoms with E-state index in [4.69, 9.17) is 0 Å². The number of carbonyl (C=O) groups is 1. The molecule has 0 aromatic heterocycles. The third-order valence-electron chi connectivity index (χ3n) is 4.46. The maximum atomic E-state index is 12.7. The van der Waals surface area contributed by atoms with E-state index in [1.165, 1.54) is 5.56 Å². The van der Waals surface area contributed by atoms with Gasteiger partial charge in [0.25, 0.3) is 0 Å². The van der Waals surface area contributed by atoms with Crippen molar-refractivity contribution < 1.29 is 4.79 Å². The lowest BCUT2D eigenvalue weighted by molar-refractivity contribution is -0.128. The highest BCUT2D eigenvalue weighted by Gasteiger charge is 2.40. The molecule has 0 saturated heterocycles. The maximum Gasteiger partial charge on any atom is 0.157 e. The Morgan fingerprint density at radius 2 is 1.73 bits per heavy atom.